The summed E-state index contributed by atoms with van der Waals surface area (Å²) < 4.78 is 33.2. The fraction of sp³-hybridized carbons (Fsp3) is 0.364. The second-order valence-corrected chi connectivity index (χ2v) is 10.3. The molecule has 1 aliphatic rings. The first-order valence-electron chi connectivity index (χ1n) is 10.5. The molecule has 1 amide bonds. The Morgan fingerprint density at radius 1 is 1.27 bits per heavy atom. The number of nitrogens with zero attached hydrogens (tertiary/aromatic N) is 3. The summed E-state index contributed by atoms with van der Waals surface area (Å²) in [6.07, 6.45) is 3.10. The zero-order chi connectivity index (χ0) is 23.8. The standard InChI is InChI=1S/C22H26ClN5O4S/c1-14-11-18(19(32-3)12-17(14)23)26-22(29)15(2)27-7-9-28(10-8-27)33(30,31)20-13-25-21-16(20)5-4-6-24-21/h4-6,11-13,15H,7-10H2,1-3H3,(H,24,25)(H,26,29). The predicted molar refractivity (Wildman–Crippen MR) is 127 cm³/mol. The number of hydrogen-bond acceptors (Lipinski definition) is 6. The van der Waals surface area contributed by atoms with Crippen molar-refractivity contribution in [1.29, 1.82) is 0 Å². The Balaban J connectivity index is 1.42. The van der Waals surface area contributed by atoms with Crippen molar-refractivity contribution in [3.8, 4) is 5.75 Å². The number of methoxy groups -OCH3 is 1. The second kappa shape index (κ2) is 9.30. The first kappa shape index (κ1) is 23.5. The summed E-state index contributed by atoms with van der Waals surface area (Å²) in [6.45, 7) is 5.10. The molecule has 0 spiro atoms. The number of aromatic nitrogens is 2. The van der Waals surface area contributed by atoms with Gasteiger partial charge in [-0.25, -0.2) is 13.4 Å². The van der Waals surface area contributed by atoms with E-state index in [-0.39, 0.29) is 23.9 Å². The van der Waals surface area contributed by atoms with Gasteiger partial charge in [-0.05, 0) is 37.6 Å². The predicted octanol–water partition coefficient (Wildman–Crippen LogP) is 2.87. The number of hydrogen-bond donors (Lipinski definition) is 2. The van der Waals surface area contributed by atoms with E-state index in [0.717, 1.165) is 5.56 Å². The van der Waals surface area contributed by atoms with E-state index in [9.17, 15) is 13.2 Å². The Morgan fingerprint density at radius 3 is 2.70 bits per heavy atom. The van der Waals surface area contributed by atoms with Crippen molar-refractivity contribution in [3.63, 3.8) is 0 Å². The summed E-state index contributed by atoms with van der Waals surface area (Å²) in [4.78, 5) is 22.2. The molecule has 1 fully saturated rings. The van der Waals surface area contributed by atoms with Crippen molar-refractivity contribution in [2.45, 2.75) is 24.8 Å². The summed E-state index contributed by atoms with van der Waals surface area (Å²) in [5.41, 5.74) is 1.91. The van der Waals surface area contributed by atoms with Crippen LogP contribution in [0.4, 0.5) is 5.69 Å². The minimum atomic E-state index is -3.68. The molecular weight excluding hydrogens is 466 g/mol. The molecule has 0 saturated carbocycles. The smallest absolute Gasteiger partial charge is 0.245 e. The van der Waals surface area contributed by atoms with Crippen LogP contribution in [0.15, 0.2) is 41.6 Å². The van der Waals surface area contributed by atoms with Crippen molar-refractivity contribution in [1.82, 2.24) is 19.2 Å². The van der Waals surface area contributed by atoms with Crippen molar-refractivity contribution in [3.05, 3.63) is 47.2 Å². The van der Waals surface area contributed by atoms with E-state index in [2.05, 4.69) is 15.3 Å². The maximum atomic E-state index is 13.2. The molecule has 2 N–H and O–H groups in total. The first-order chi connectivity index (χ1) is 15.7. The van der Waals surface area contributed by atoms with Crippen LogP contribution in [0.1, 0.15) is 12.5 Å². The van der Waals surface area contributed by atoms with Crippen molar-refractivity contribution < 1.29 is 17.9 Å². The van der Waals surface area contributed by atoms with Crippen molar-refractivity contribution >= 4 is 44.3 Å². The molecule has 1 aliphatic heterocycles. The molecule has 11 heteroatoms. The van der Waals surface area contributed by atoms with Crippen LogP contribution in [0, 0.1) is 6.92 Å². The summed E-state index contributed by atoms with van der Waals surface area (Å²) in [5.74, 6) is 0.282. The Hall–Kier alpha value is -2.66. The second-order valence-electron chi connectivity index (χ2n) is 7.96. The number of sulfonamides is 1. The number of rotatable bonds is 6. The zero-order valence-electron chi connectivity index (χ0n) is 18.6. The molecule has 0 aliphatic carbocycles. The third kappa shape index (κ3) is 4.56. The van der Waals surface area contributed by atoms with E-state index in [0.29, 0.717) is 40.6 Å². The number of aromatic amines is 1. The molecule has 9 nitrogen and oxygen atoms in total. The number of nitrogens with one attached hydrogen (secondary N) is 2. The highest BCUT2D eigenvalue weighted by Gasteiger charge is 2.33. The minimum Gasteiger partial charge on any atom is -0.495 e. The quantitative estimate of drug-likeness (QED) is 0.549. The SMILES string of the molecule is COc1cc(Cl)c(C)cc1NC(=O)C(C)N1CCN(S(=O)(=O)c2c[nH]c3ncccc23)CC1. The maximum absolute atomic E-state index is 13.2. The van der Waals surface area contributed by atoms with Gasteiger partial charge in [0.2, 0.25) is 15.9 Å². The maximum Gasteiger partial charge on any atom is 0.245 e. The Labute approximate surface area is 197 Å². The van der Waals surface area contributed by atoms with E-state index < -0.39 is 16.1 Å². The number of carbonyl (C=O) groups excluding carboxylic acids is 1. The van der Waals surface area contributed by atoms with Crippen LogP contribution in [-0.2, 0) is 14.8 Å². The molecule has 3 heterocycles. The van der Waals surface area contributed by atoms with Crippen LogP contribution in [-0.4, -0.2) is 72.8 Å². The molecule has 176 valence electrons. The molecule has 0 radical (unpaired) electrons. The van der Waals surface area contributed by atoms with E-state index in [1.54, 1.807) is 37.4 Å². The molecule has 1 atom stereocenters. The molecule has 0 bridgehead atoms. The fourth-order valence-electron chi connectivity index (χ4n) is 3.95. The topological polar surface area (TPSA) is 108 Å². The summed E-state index contributed by atoms with van der Waals surface area (Å²) >= 11 is 6.14. The van der Waals surface area contributed by atoms with Gasteiger partial charge in [0.05, 0.1) is 18.8 Å². The van der Waals surface area contributed by atoms with E-state index >= 15 is 0 Å². The number of pyridine rings is 1. The number of fused-ring (bicyclic) bond motifs is 1. The molecule has 1 saturated heterocycles. The number of H-pyrrole nitrogens is 1. The van der Waals surface area contributed by atoms with Crippen LogP contribution in [0.2, 0.25) is 5.02 Å². The van der Waals surface area contributed by atoms with Gasteiger partial charge in [-0.2, -0.15) is 4.31 Å². The van der Waals surface area contributed by atoms with Crippen LogP contribution in [0.25, 0.3) is 11.0 Å². The third-order valence-corrected chi connectivity index (χ3v) is 8.32. The van der Waals surface area contributed by atoms with E-state index in [1.807, 2.05) is 11.8 Å². The molecule has 4 rings (SSSR count). The van der Waals surface area contributed by atoms with Gasteiger partial charge >= 0.3 is 0 Å². The number of anilines is 1. The molecular formula is C22H26ClN5O4S. The lowest BCUT2D eigenvalue weighted by Crippen LogP contribution is -2.53. The Morgan fingerprint density at radius 2 is 2.00 bits per heavy atom. The van der Waals surface area contributed by atoms with Crippen molar-refractivity contribution in [2.24, 2.45) is 0 Å². The summed E-state index contributed by atoms with van der Waals surface area (Å²) in [5, 5.41) is 4.03. The van der Waals surface area contributed by atoms with E-state index in [4.69, 9.17) is 16.3 Å². The highest BCUT2D eigenvalue weighted by molar-refractivity contribution is 7.89. The van der Waals surface area contributed by atoms with E-state index in [1.165, 1.54) is 17.6 Å². The van der Waals surface area contributed by atoms with Crippen LogP contribution < -0.4 is 10.1 Å². The molecule has 2 aromatic heterocycles. The van der Waals surface area contributed by atoms with Gasteiger partial charge in [-0.1, -0.05) is 11.6 Å². The van der Waals surface area contributed by atoms with Gasteiger partial charge in [-0.15, -0.1) is 0 Å². The number of carbonyl (C=O) groups is 1. The van der Waals surface area contributed by atoms with Crippen LogP contribution in [0.5, 0.6) is 5.75 Å². The molecule has 33 heavy (non-hydrogen) atoms. The fourth-order valence-corrected chi connectivity index (χ4v) is 5.67. The first-order valence-corrected chi connectivity index (χ1v) is 12.4. The average Bonchev–Trinajstić information content (AvgIpc) is 3.26. The largest absolute Gasteiger partial charge is 0.495 e. The highest BCUT2D eigenvalue weighted by atomic mass is 35.5. The van der Waals surface area contributed by atoms with Crippen molar-refractivity contribution in [2.75, 3.05) is 38.6 Å². The number of ether oxygens (including phenoxy) is 1. The lowest BCUT2D eigenvalue weighted by Gasteiger charge is -2.36. The lowest BCUT2D eigenvalue weighted by molar-refractivity contribution is -0.121. The lowest BCUT2D eigenvalue weighted by atomic mass is 10.1. The van der Waals surface area contributed by atoms with Gasteiger partial charge in [0.15, 0.2) is 0 Å². The number of amides is 1. The number of benzene rings is 1. The molecule has 1 aromatic carbocycles. The van der Waals surface area contributed by atoms with Gasteiger partial charge in [0.1, 0.15) is 16.3 Å². The average molecular weight is 492 g/mol. The van der Waals surface area contributed by atoms with Gasteiger partial charge in [0, 0.05) is 55.0 Å². The molecule has 3 aromatic rings. The van der Waals surface area contributed by atoms with Crippen LogP contribution >= 0.6 is 11.6 Å². The third-order valence-electron chi connectivity index (χ3n) is 5.97. The zero-order valence-corrected chi connectivity index (χ0v) is 20.2. The molecule has 1 unspecified atom stereocenters. The monoisotopic (exact) mass is 491 g/mol. The van der Waals surface area contributed by atoms with Gasteiger partial charge < -0.3 is 15.0 Å². The van der Waals surface area contributed by atoms with Gasteiger partial charge in [-0.3, -0.25) is 9.69 Å². The number of halogens is 1. The van der Waals surface area contributed by atoms with Gasteiger partial charge in [0.25, 0.3) is 0 Å². The highest BCUT2D eigenvalue weighted by Crippen LogP contribution is 2.31. The number of piperazine rings is 1. The van der Waals surface area contributed by atoms with Crippen LogP contribution in [0.3, 0.4) is 0 Å². The summed E-state index contributed by atoms with van der Waals surface area (Å²) in [7, 11) is -2.16. The Kier molecular flexibility index (Phi) is 6.62. The summed E-state index contributed by atoms with van der Waals surface area (Å²) in [6, 6.07) is 6.44. The normalized spacial score (nSPS) is 16.6. The Bertz CT molecular complexity index is 1290. The number of aryl methyl sites for hydroxylation is 1. The minimum absolute atomic E-state index is 0.200.